The Hall–Kier alpha value is -0.670. The first-order chi connectivity index (χ1) is 15.2. The molecule has 0 aliphatic heterocycles. The van der Waals surface area contributed by atoms with E-state index >= 15 is 0 Å². The number of aliphatic hydroxyl groups excluding tert-OH is 2. The minimum Gasteiger partial charge on any atom is -0.396 e. The molecule has 5 aliphatic rings. The van der Waals surface area contributed by atoms with Crippen molar-refractivity contribution in [3.05, 3.63) is 11.6 Å². The molecule has 0 aromatic carbocycles. The van der Waals surface area contributed by atoms with Crippen molar-refractivity contribution in [1.29, 1.82) is 0 Å². The molecule has 2 N–H and O–H groups in total. The number of carbonyl (C=O) groups excluding carboxylic acids is 1. The highest BCUT2D eigenvalue weighted by molar-refractivity contribution is 5.95. The molecule has 0 amide bonds. The van der Waals surface area contributed by atoms with E-state index in [1.165, 1.54) is 18.4 Å². The van der Waals surface area contributed by atoms with Gasteiger partial charge in [0.2, 0.25) is 0 Å². The SMILES string of the molecule is CC1(C)C2CC[C@]3(C)C(C(=O)C=C4C5C[C@@](C)(CO)CC[C@]5(C)CC[C@]43C)[C@@]2(C)CC[C@@H]1O. The summed E-state index contributed by atoms with van der Waals surface area (Å²) in [6.07, 6.45) is 11.5. The molecule has 3 unspecified atom stereocenters. The van der Waals surface area contributed by atoms with E-state index in [1.807, 2.05) is 0 Å². The predicted molar refractivity (Wildman–Crippen MR) is 133 cm³/mol. The largest absolute Gasteiger partial charge is 0.396 e. The maximum absolute atomic E-state index is 14.2. The normalized spacial score (nSPS) is 55.5. The average molecular weight is 457 g/mol. The van der Waals surface area contributed by atoms with Gasteiger partial charge in [-0.3, -0.25) is 4.79 Å². The number of aliphatic hydroxyl groups is 2. The van der Waals surface area contributed by atoms with Gasteiger partial charge in [-0.25, -0.2) is 0 Å². The number of hydrogen-bond donors (Lipinski definition) is 2. The minimum absolute atomic E-state index is 0.0305. The molecule has 186 valence electrons. The Kier molecular flexibility index (Phi) is 5.07. The summed E-state index contributed by atoms with van der Waals surface area (Å²) < 4.78 is 0. The topological polar surface area (TPSA) is 57.5 Å². The average Bonchev–Trinajstić information content (AvgIpc) is 2.74. The quantitative estimate of drug-likeness (QED) is 0.485. The molecule has 0 spiro atoms. The van der Waals surface area contributed by atoms with E-state index in [0.717, 1.165) is 44.9 Å². The van der Waals surface area contributed by atoms with Crippen molar-refractivity contribution in [3.63, 3.8) is 0 Å². The highest BCUT2D eigenvalue weighted by Crippen LogP contribution is 2.75. The summed E-state index contributed by atoms with van der Waals surface area (Å²) >= 11 is 0. The van der Waals surface area contributed by atoms with Crippen LogP contribution in [0.15, 0.2) is 11.6 Å². The van der Waals surface area contributed by atoms with Crippen LogP contribution in [0.5, 0.6) is 0 Å². The van der Waals surface area contributed by atoms with Crippen molar-refractivity contribution in [2.45, 2.75) is 112 Å². The summed E-state index contributed by atoms with van der Waals surface area (Å²) in [7, 11) is 0. The van der Waals surface area contributed by atoms with Crippen LogP contribution in [0, 0.1) is 50.2 Å². The lowest BCUT2D eigenvalue weighted by atomic mass is 9.33. The van der Waals surface area contributed by atoms with Crippen LogP contribution in [0.1, 0.15) is 106 Å². The van der Waals surface area contributed by atoms with E-state index in [-0.39, 0.29) is 51.1 Å². The first-order valence-corrected chi connectivity index (χ1v) is 13.7. The number of rotatable bonds is 1. The molecule has 0 aromatic rings. The van der Waals surface area contributed by atoms with Gasteiger partial charge in [0, 0.05) is 12.5 Å². The Morgan fingerprint density at radius 2 is 1.58 bits per heavy atom. The van der Waals surface area contributed by atoms with E-state index in [2.05, 4.69) is 54.5 Å². The van der Waals surface area contributed by atoms with Crippen LogP contribution < -0.4 is 0 Å². The molecule has 3 nitrogen and oxygen atoms in total. The Morgan fingerprint density at radius 3 is 2.24 bits per heavy atom. The van der Waals surface area contributed by atoms with Crippen LogP contribution in [0.3, 0.4) is 0 Å². The Balaban J connectivity index is 1.62. The summed E-state index contributed by atoms with van der Waals surface area (Å²) in [6, 6.07) is 0. The van der Waals surface area contributed by atoms with Gasteiger partial charge in [0.1, 0.15) is 0 Å². The highest BCUT2D eigenvalue weighted by Gasteiger charge is 2.70. The van der Waals surface area contributed by atoms with Gasteiger partial charge in [-0.15, -0.1) is 0 Å². The molecule has 0 bridgehead atoms. The van der Waals surface area contributed by atoms with Crippen molar-refractivity contribution >= 4 is 5.78 Å². The third kappa shape index (κ3) is 2.90. The van der Waals surface area contributed by atoms with Crippen LogP contribution in [-0.2, 0) is 4.79 Å². The van der Waals surface area contributed by atoms with Crippen molar-refractivity contribution in [2.75, 3.05) is 6.61 Å². The summed E-state index contributed by atoms with van der Waals surface area (Å²) in [4.78, 5) is 14.2. The lowest BCUT2D eigenvalue weighted by Gasteiger charge is -2.70. The zero-order valence-electron chi connectivity index (χ0n) is 22.3. The van der Waals surface area contributed by atoms with E-state index in [0.29, 0.717) is 17.6 Å². The van der Waals surface area contributed by atoms with Gasteiger partial charge in [0.05, 0.1) is 6.10 Å². The van der Waals surface area contributed by atoms with Crippen molar-refractivity contribution in [3.8, 4) is 0 Å². The van der Waals surface area contributed by atoms with Crippen molar-refractivity contribution in [1.82, 2.24) is 0 Å². The number of ketones is 1. The van der Waals surface area contributed by atoms with E-state index in [9.17, 15) is 15.0 Å². The Labute approximate surface area is 201 Å². The third-order valence-electron chi connectivity index (χ3n) is 13.0. The molecule has 9 atom stereocenters. The second kappa shape index (κ2) is 6.96. The van der Waals surface area contributed by atoms with Crippen LogP contribution in [0.2, 0.25) is 0 Å². The van der Waals surface area contributed by atoms with Gasteiger partial charge in [-0.2, -0.15) is 0 Å². The second-order valence-electron chi connectivity index (χ2n) is 15.0. The molecule has 5 aliphatic carbocycles. The molecule has 0 saturated heterocycles. The summed E-state index contributed by atoms with van der Waals surface area (Å²) in [5, 5.41) is 21.1. The van der Waals surface area contributed by atoms with E-state index in [1.54, 1.807) is 0 Å². The van der Waals surface area contributed by atoms with E-state index in [4.69, 9.17) is 0 Å². The van der Waals surface area contributed by atoms with Crippen LogP contribution in [-0.4, -0.2) is 28.7 Å². The first kappa shape index (κ1) is 24.0. The zero-order valence-corrected chi connectivity index (χ0v) is 22.3. The maximum Gasteiger partial charge on any atom is 0.159 e. The fraction of sp³-hybridized carbons (Fsp3) is 0.900. The van der Waals surface area contributed by atoms with Crippen molar-refractivity contribution < 1.29 is 15.0 Å². The fourth-order valence-electron chi connectivity index (χ4n) is 10.4. The minimum atomic E-state index is -0.269. The maximum atomic E-state index is 14.2. The van der Waals surface area contributed by atoms with Crippen LogP contribution in [0.4, 0.5) is 0 Å². The molecule has 33 heavy (non-hydrogen) atoms. The van der Waals surface area contributed by atoms with Gasteiger partial charge in [-0.05, 0) is 108 Å². The monoisotopic (exact) mass is 456 g/mol. The second-order valence-corrected chi connectivity index (χ2v) is 15.0. The molecule has 4 fully saturated rings. The number of hydrogen-bond acceptors (Lipinski definition) is 3. The molecule has 0 heterocycles. The molecule has 4 saturated carbocycles. The van der Waals surface area contributed by atoms with Crippen LogP contribution in [0.25, 0.3) is 0 Å². The van der Waals surface area contributed by atoms with Gasteiger partial charge in [-0.1, -0.05) is 54.0 Å². The third-order valence-corrected chi connectivity index (χ3v) is 13.0. The lowest BCUT2D eigenvalue weighted by molar-refractivity contribution is -0.202. The summed E-state index contributed by atoms with van der Waals surface area (Å²) in [5.74, 6) is 1.20. The molecule has 0 radical (unpaired) electrons. The molecular formula is C30H48O3. The van der Waals surface area contributed by atoms with Crippen molar-refractivity contribution in [2.24, 2.45) is 50.2 Å². The molecule has 3 heteroatoms. The Morgan fingerprint density at radius 1 is 0.909 bits per heavy atom. The van der Waals surface area contributed by atoms with Gasteiger partial charge in [0.15, 0.2) is 5.78 Å². The van der Waals surface area contributed by atoms with Gasteiger partial charge < -0.3 is 10.2 Å². The van der Waals surface area contributed by atoms with Crippen LogP contribution >= 0.6 is 0 Å². The zero-order chi connectivity index (χ0) is 24.2. The number of fused-ring (bicyclic) bond motifs is 7. The Bertz CT molecular complexity index is 889. The molecule has 0 aromatic heterocycles. The van der Waals surface area contributed by atoms with Gasteiger partial charge >= 0.3 is 0 Å². The standard InChI is InChI=1S/C30H48O3/c1-25(2)22-8-11-30(7)24(28(22,5)10-9-23(25)33)21(32)16-19-20-17-26(3,18-31)12-13-27(20,4)14-15-29(19,30)6/h16,20,22-24,31,33H,8-15,17-18H2,1-7H3/t20?,22?,23-,24?,26-,27+,28-,29+,30+/m0/s1. The fourth-order valence-corrected chi connectivity index (χ4v) is 10.4. The molecular weight excluding hydrogens is 408 g/mol. The highest BCUT2D eigenvalue weighted by atomic mass is 16.3. The predicted octanol–water partition coefficient (Wildman–Crippen LogP) is 6.32. The number of allylic oxidation sites excluding steroid dienone is 2. The van der Waals surface area contributed by atoms with Gasteiger partial charge in [0.25, 0.3) is 0 Å². The summed E-state index contributed by atoms with van der Waals surface area (Å²) in [5.41, 5.74) is 1.46. The smallest absolute Gasteiger partial charge is 0.159 e. The summed E-state index contributed by atoms with van der Waals surface area (Å²) in [6.45, 7) is 16.8. The first-order valence-electron chi connectivity index (χ1n) is 13.7. The lowest BCUT2D eigenvalue weighted by Crippen LogP contribution is -2.66. The number of carbonyl (C=O) groups is 1. The van der Waals surface area contributed by atoms with E-state index < -0.39 is 0 Å². The molecule has 5 rings (SSSR count).